The molecule has 1 heterocycles. The van der Waals surface area contributed by atoms with E-state index in [-0.39, 0.29) is 30.5 Å². The van der Waals surface area contributed by atoms with Crippen LogP contribution < -0.4 is 26.4 Å². The van der Waals surface area contributed by atoms with E-state index in [0.717, 1.165) is 12.8 Å². The molecule has 0 spiro atoms. The Morgan fingerprint density at radius 3 is 2.52 bits per heavy atom. The predicted octanol–water partition coefficient (Wildman–Crippen LogP) is 0.111. The monoisotopic (exact) mass is 432 g/mol. The van der Waals surface area contributed by atoms with Crippen LogP contribution in [0.4, 0.5) is 4.39 Å². The van der Waals surface area contributed by atoms with E-state index in [1.165, 1.54) is 24.3 Å². The van der Waals surface area contributed by atoms with Gasteiger partial charge in [-0.2, -0.15) is 0 Å². The molecule has 0 unspecified atom stereocenters. The number of carbonyl (C=O) groups excluding carboxylic acids is 4. The molecular weight excluding hydrogens is 407 g/mol. The van der Waals surface area contributed by atoms with E-state index in [9.17, 15) is 23.6 Å². The summed E-state index contributed by atoms with van der Waals surface area (Å²) in [4.78, 5) is 48.6. The number of carbonyl (C=O) groups is 4. The molecule has 1 aromatic rings. The minimum atomic E-state index is -1.05. The number of nitrogens with one attached hydrogen (secondary N) is 3. The standard InChI is InChI=1S/C21H25FN4O5/c22-14-3-5-15(6-4-14)31-11-18(27)25-17(9-12-1-2-12)21(30)26-16(19(23)28)10-13-7-8-24-20(13)29/h3-6,9,12-13,16H,1-2,7-8,10-11H2,(H2,23,28)(H,24,29)(H,25,27)(H,26,30)/t13-,16-/m0/s1. The van der Waals surface area contributed by atoms with Crippen LogP contribution >= 0.6 is 0 Å². The first-order chi connectivity index (χ1) is 14.8. The largest absolute Gasteiger partial charge is 0.484 e. The third-order valence-electron chi connectivity index (χ3n) is 5.06. The zero-order valence-corrected chi connectivity index (χ0v) is 16.9. The van der Waals surface area contributed by atoms with Gasteiger partial charge in [0.05, 0.1) is 0 Å². The highest BCUT2D eigenvalue weighted by Crippen LogP contribution is 2.31. The Morgan fingerprint density at radius 2 is 1.94 bits per heavy atom. The number of hydrogen-bond donors (Lipinski definition) is 4. The van der Waals surface area contributed by atoms with Gasteiger partial charge in [0.25, 0.3) is 11.8 Å². The van der Waals surface area contributed by atoms with Gasteiger partial charge < -0.3 is 26.4 Å². The molecule has 1 aliphatic carbocycles. The van der Waals surface area contributed by atoms with Gasteiger partial charge in [-0.1, -0.05) is 6.08 Å². The highest BCUT2D eigenvalue weighted by Gasteiger charge is 2.31. The Bertz CT molecular complexity index is 882. The van der Waals surface area contributed by atoms with Crippen molar-refractivity contribution in [2.45, 2.75) is 31.7 Å². The molecule has 1 saturated heterocycles. The van der Waals surface area contributed by atoms with E-state index in [4.69, 9.17) is 10.5 Å². The van der Waals surface area contributed by atoms with E-state index >= 15 is 0 Å². The number of allylic oxidation sites excluding steroid dienone is 1. The van der Waals surface area contributed by atoms with Gasteiger partial charge in [0.2, 0.25) is 11.8 Å². The zero-order valence-electron chi connectivity index (χ0n) is 16.9. The molecule has 2 aliphatic rings. The second-order valence-electron chi connectivity index (χ2n) is 7.65. The lowest BCUT2D eigenvalue weighted by Crippen LogP contribution is -2.48. The molecule has 1 aliphatic heterocycles. The Balaban J connectivity index is 1.58. The smallest absolute Gasteiger partial charge is 0.268 e. The van der Waals surface area contributed by atoms with Gasteiger partial charge >= 0.3 is 0 Å². The summed E-state index contributed by atoms with van der Waals surface area (Å²) in [5, 5.41) is 7.69. The fourth-order valence-corrected chi connectivity index (χ4v) is 3.18. The summed E-state index contributed by atoms with van der Waals surface area (Å²) >= 11 is 0. The average Bonchev–Trinajstić information content (AvgIpc) is 3.46. The second kappa shape index (κ2) is 10.1. The van der Waals surface area contributed by atoms with E-state index < -0.39 is 35.5 Å². The number of benzene rings is 1. The fourth-order valence-electron chi connectivity index (χ4n) is 3.18. The van der Waals surface area contributed by atoms with Gasteiger partial charge in [-0.15, -0.1) is 0 Å². The highest BCUT2D eigenvalue weighted by molar-refractivity contribution is 6.00. The van der Waals surface area contributed by atoms with Crippen LogP contribution in [0.2, 0.25) is 0 Å². The quantitative estimate of drug-likeness (QED) is 0.389. The van der Waals surface area contributed by atoms with Crippen LogP contribution in [-0.4, -0.2) is 42.8 Å². The van der Waals surface area contributed by atoms with Crippen molar-refractivity contribution >= 4 is 23.6 Å². The molecule has 4 amide bonds. The summed E-state index contributed by atoms with van der Waals surface area (Å²) in [6, 6.07) is 4.12. The molecule has 0 bridgehead atoms. The van der Waals surface area contributed by atoms with Gasteiger partial charge in [-0.25, -0.2) is 4.39 Å². The topological polar surface area (TPSA) is 140 Å². The SMILES string of the molecule is NC(=O)[C@H](C[C@@H]1CCNC1=O)NC(=O)C(=CC1CC1)NC(=O)COc1ccc(F)cc1. The lowest BCUT2D eigenvalue weighted by Gasteiger charge is -2.19. The first-order valence-electron chi connectivity index (χ1n) is 10.1. The fraction of sp³-hybridized carbons (Fsp3) is 0.429. The summed E-state index contributed by atoms with van der Waals surface area (Å²) in [7, 11) is 0. The maximum atomic E-state index is 12.9. The van der Waals surface area contributed by atoms with Crippen molar-refractivity contribution in [2.75, 3.05) is 13.2 Å². The lowest BCUT2D eigenvalue weighted by molar-refractivity contribution is -0.128. The molecular formula is C21H25FN4O5. The molecule has 1 saturated carbocycles. The number of primary amides is 1. The summed E-state index contributed by atoms with van der Waals surface area (Å²) < 4.78 is 18.2. The molecule has 2 atom stereocenters. The molecule has 0 aromatic heterocycles. The normalized spacial score (nSPS) is 19.3. The van der Waals surface area contributed by atoms with Crippen LogP contribution in [-0.2, 0) is 19.2 Å². The number of ether oxygens (including phenoxy) is 1. The van der Waals surface area contributed by atoms with Crippen molar-refractivity contribution in [2.24, 2.45) is 17.6 Å². The molecule has 166 valence electrons. The van der Waals surface area contributed by atoms with Crippen LogP contribution in [0.25, 0.3) is 0 Å². The first kappa shape index (κ1) is 22.3. The molecule has 3 rings (SSSR count). The van der Waals surface area contributed by atoms with Gasteiger partial charge in [0.15, 0.2) is 6.61 Å². The molecule has 10 heteroatoms. The molecule has 9 nitrogen and oxygen atoms in total. The average molecular weight is 432 g/mol. The third-order valence-corrected chi connectivity index (χ3v) is 5.06. The second-order valence-corrected chi connectivity index (χ2v) is 7.65. The Hall–Kier alpha value is -3.43. The van der Waals surface area contributed by atoms with Crippen LogP contribution in [0.15, 0.2) is 36.0 Å². The number of rotatable bonds is 10. The number of hydrogen-bond acceptors (Lipinski definition) is 5. The van der Waals surface area contributed by atoms with Crippen molar-refractivity contribution in [3.63, 3.8) is 0 Å². The van der Waals surface area contributed by atoms with Gasteiger partial charge in [-0.3, -0.25) is 19.2 Å². The lowest BCUT2D eigenvalue weighted by atomic mass is 9.98. The number of amides is 4. The van der Waals surface area contributed by atoms with Crippen LogP contribution in [0.5, 0.6) is 5.75 Å². The van der Waals surface area contributed by atoms with Crippen molar-refractivity contribution < 1.29 is 28.3 Å². The van der Waals surface area contributed by atoms with E-state index in [0.29, 0.717) is 18.7 Å². The number of halogens is 1. The van der Waals surface area contributed by atoms with E-state index in [2.05, 4.69) is 16.0 Å². The minimum Gasteiger partial charge on any atom is -0.484 e. The van der Waals surface area contributed by atoms with E-state index in [1.807, 2.05) is 0 Å². The first-order valence-corrected chi connectivity index (χ1v) is 10.1. The van der Waals surface area contributed by atoms with Gasteiger partial charge in [0.1, 0.15) is 23.3 Å². The Kier molecular flexibility index (Phi) is 7.22. The molecule has 1 aromatic carbocycles. The van der Waals surface area contributed by atoms with Crippen molar-refractivity contribution in [3.05, 3.63) is 41.9 Å². The summed E-state index contributed by atoms with van der Waals surface area (Å²) in [5.41, 5.74) is 5.40. The minimum absolute atomic E-state index is 0.00247. The van der Waals surface area contributed by atoms with Crippen LogP contribution in [0.1, 0.15) is 25.7 Å². The summed E-state index contributed by atoms with van der Waals surface area (Å²) in [6.07, 6.45) is 4.05. The van der Waals surface area contributed by atoms with Crippen LogP contribution in [0.3, 0.4) is 0 Å². The van der Waals surface area contributed by atoms with Crippen molar-refractivity contribution in [1.82, 2.24) is 16.0 Å². The van der Waals surface area contributed by atoms with Gasteiger partial charge in [0, 0.05) is 12.5 Å². The Labute approximate surface area is 178 Å². The van der Waals surface area contributed by atoms with Crippen LogP contribution in [0, 0.1) is 17.7 Å². The maximum Gasteiger partial charge on any atom is 0.268 e. The molecule has 0 radical (unpaired) electrons. The summed E-state index contributed by atoms with van der Waals surface area (Å²) in [5.74, 6) is -2.56. The third kappa shape index (κ3) is 6.80. The summed E-state index contributed by atoms with van der Waals surface area (Å²) in [6.45, 7) is 0.127. The molecule has 31 heavy (non-hydrogen) atoms. The molecule has 2 fully saturated rings. The van der Waals surface area contributed by atoms with Crippen molar-refractivity contribution in [1.29, 1.82) is 0 Å². The van der Waals surface area contributed by atoms with E-state index in [1.54, 1.807) is 6.08 Å². The molecule has 5 N–H and O–H groups in total. The Morgan fingerprint density at radius 1 is 1.23 bits per heavy atom. The van der Waals surface area contributed by atoms with Gasteiger partial charge in [-0.05, 0) is 55.9 Å². The number of nitrogens with two attached hydrogens (primary N) is 1. The van der Waals surface area contributed by atoms with Crippen molar-refractivity contribution in [3.8, 4) is 5.75 Å². The maximum absolute atomic E-state index is 12.9. The zero-order chi connectivity index (χ0) is 22.4. The highest BCUT2D eigenvalue weighted by atomic mass is 19.1. The predicted molar refractivity (Wildman–Crippen MR) is 108 cm³/mol.